The summed E-state index contributed by atoms with van der Waals surface area (Å²) in [5.41, 5.74) is 1.72. The lowest BCUT2D eigenvalue weighted by atomic mass is 10.2. The minimum absolute atomic E-state index is 0.0644. The molecule has 7 heteroatoms. The van der Waals surface area contributed by atoms with Crippen LogP contribution in [-0.4, -0.2) is 44.3 Å². The van der Waals surface area contributed by atoms with E-state index in [0.29, 0.717) is 5.69 Å². The first-order valence-corrected chi connectivity index (χ1v) is 8.11. The topological polar surface area (TPSA) is 81.0 Å². The second kappa shape index (κ2) is 7.85. The first kappa shape index (κ1) is 17.0. The van der Waals surface area contributed by atoms with Crippen molar-refractivity contribution in [3.63, 3.8) is 0 Å². The molecule has 1 saturated heterocycles. The predicted molar refractivity (Wildman–Crippen MR) is 91.7 cm³/mol. The minimum Gasteiger partial charge on any atom is -0.457 e. The monoisotopic (exact) mass is 344 g/mol. The molecule has 1 atom stereocenters. The Morgan fingerprint density at radius 3 is 2.52 bits per heavy atom. The quantitative estimate of drug-likeness (QED) is 0.838. The van der Waals surface area contributed by atoms with E-state index in [9.17, 15) is 9.59 Å². The summed E-state index contributed by atoms with van der Waals surface area (Å²) in [5, 5.41) is 2.73. The van der Waals surface area contributed by atoms with Crippen LogP contribution in [0.1, 0.15) is 17.5 Å². The average molecular weight is 344 g/mol. The number of esters is 1. The van der Waals surface area contributed by atoms with E-state index in [1.54, 1.807) is 6.07 Å². The molecule has 1 N–H and O–H groups in total. The van der Waals surface area contributed by atoms with Gasteiger partial charge in [-0.05, 0) is 43.3 Å². The largest absolute Gasteiger partial charge is 0.457 e. The zero-order valence-corrected chi connectivity index (χ0v) is 13.9. The number of benzene rings is 1. The number of hydrogen-bond acceptors (Lipinski definition) is 6. The van der Waals surface area contributed by atoms with Gasteiger partial charge in [-0.25, -0.2) is 4.79 Å². The fraction of sp³-hybridized carbons (Fsp3) is 0.333. The van der Waals surface area contributed by atoms with E-state index in [1.165, 1.54) is 19.3 Å². The standard InChI is InChI=1S/C18H20N2O5/c1-13(25-18(22)16-3-2-10-24-16)17(21)19-14-4-6-15(7-5-14)20-8-11-23-12-9-20/h2-7,10,13H,8-9,11-12H2,1H3,(H,19,21)/t13-/m0/s1. The Labute approximate surface area is 145 Å². The maximum Gasteiger partial charge on any atom is 0.374 e. The van der Waals surface area contributed by atoms with E-state index in [4.69, 9.17) is 13.9 Å². The summed E-state index contributed by atoms with van der Waals surface area (Å²) in [6.07, 6.45) is 0.439. The van der Waals surface area contributed by atoms with E-state index in [0.717, 1.165) is 32.0 Å². The van der Waals surface area contributed by atoms with Crippen molar-refractivity contribution in [1.82, 2.24) is 0 Å². The van der Waals surface area contributed by atoms with Gasteiger partial charge in [0.25, 0.3) is 5.91 Å². The average Bonchev–Trinajstić information content (AvgIpc) is 3.18. The van der Waals surface area contributed by atoms with Gasteiger partial charge in [0.05, 0.1) is 19.5 Å². The first-order valence-electron chi connectivity index (χ1n) is 8.11. The smallest absolute Gasteiger partial charge is 0.374 e. The van der Waals surface area contributed by atoms with Crippen LogP contribution < -0.4 is 10.2 Å². The summed E-state index contributed by atoms with van der Waals surface area (Å²) >= 11 is 0. The van der Waals surface area contributed by atoms with Crippen molar-refractivity contribution < 1.29 is 23.5 Å². The number of carbonyl (C=O) groups excluding carboxylic acids is 2. The van der Waals surface area contributed by atoms with Gasteiger partial charge in [-0.3, -0.25) is 4.79 Å². The summed E-state index contributed by atoms with van der Waals surface area (Å²) in [4.78, 5) is 26.2. The molecule has 3 rings (SSSR count). The minimum atomic E-state index is -0.934. The molecule has 1 aromatic heterocycles. The van der Waals surface area contributed by atoms with Gasteiger partial charge in [0.15, 0.2) is 6.10 Å². The van der Waals surface area contributed by atoms with Crippen molar-refractivity contribution in [3.8, 4) is 0 Å². The Morgan fingerprint density at radius 2 is 1.88 bits per heavy atom. The number of morpholine rings is 1. The van der Waals surface area contributed by atoms with Crippen LogP contribution in [0.15, 0.2) is 47.1 Å². The van der Waals surface area contributed by atoms with Crippen LogP contribution in [0.25, 0.3) is 0 Å². The van der Waals surface area contributed by atoms with Gasteiger partial charge in [0, 0.05) is 24.5 Å². The lowest BCUT2D eigenvalue weighted by Gasteiger charge is -2.28. The van der Waals surface area contributed by atoms with Crippen molar-refractivity contribution >= 4 is 23.3 Å². The van der Waals surface area contributed by atoms with Gasteiger partial charge in [-0.15, -0.1) is 0 Å². The molecule has 1 fully saturated rings. The van der Waals surface area contributed by atoms with Crippen LogP contribution >= 0.6 is 0 Å². The Bertz CT molecular complexity index is 706. The maximum atomic E-state index is 12.2. The van der Waals surface area contributed by atoms with Crippen molar-refractivity contribution in [2.75, 3.05) is 36.5 Å². The Kier molecular flexibility index (Phi) is 5.35. The third kappa shape index (κ3) is 4.39. The molecular formula is C18H20N2O5. The van der Waals surface area contributed by atoms with Gasteiger partial charge in [-0.2, -0.15) is 0 Å². The third-order valence-corrected chi connectivity index (χ3v) is 3.89. The number of nitrogens with zero attached hydrogens (tertiary/aromatic N) is 1. The highest BCUT2D eigenvalue weighted by Gasteiger charge is 2.20. The molecule has 1 aliphatic rings. The van der Waals surface area contributed by atoms with Crippen LogP contribution in [0.3, 0.4) is 0 Å². The molecule has 2 heterocycles. The Morgan fingerprint density at radius 1 is 1.16 bits per heavy atom. The van der Waals surface area contributed by atoms with E-state index < -0.39 is 18.0 Å². The third-order valence-electron chi connectivity index (χ3n) is 3.89. The highest BCUT2D eigenvalue weighted by atomic mass is 16.6. The van der Waals surface area contributed by atoms with Crippen molar-refractivity contribution in [2.24, 2.45) is 0 Å². The fourth-order valence-electron chi connectivity index (χ4n) is 2.49. The molecule has 132 valence electrons. The van der Waals surface area contributed by atoms with Crippen molar-refractivity contribution in [1.29, 1.82) is 0 Å². The summed E-state index contributed by atoms with van der Waals surface area (Å²) in [6.45, 7) is 4.66. The SMILES string of the molecule is C[C@H](OC(=O)c1ccco1)C(=O)Nc1ccc(N2CCOCC2)cc1. The van der Waals surface area contributed by atoms with Gasteiger partial charge >= 0.3 is 5.97 Å². The molecule has 0 saturated carbocycles. The number of carbonyl (C=O) groups is 2. The van der Waals surface area contributed by atoms with Crippen LogP contribution in [0.2, 0.25) is 0 Å². The molecule has 0 bridgehead atoms. The number of furan rings is 1. The summed E-state index contributed by atoms with van der Waals surface area (Å²) in [6, 6.07) is 10.6. The number of nitrogens with one attached hydrogen (secondary N) is 1. The number of hydrogen-bond donors (Lipinski definition) is 1. The van der Waals surface area contributed by atoms with Crippen LogP contribution in [0, 0.1) is 0 Å². The van der Waals surface area contributed by atoms with Crippen molar-refractivity contribution in [3.05, 3.63) is 48.4 Å². The molecule has 2 aromatic rings. The first-order chi connectivity index (χ1) is 12.1. The lowest BCUT2D eigenvalue weighted by molar-refractivity contribution is -0.123. The summed E-state index contributed by atoms with van der Waals surface area (Å²) in [5.74, 6) is -1.01. The molecule has 7 nitrogen and oxygen atoms in total. The molecular weight excluding hydrogens is 324 g/mol. The molecule has 25 heavy (non-hydrogen) atoms. The number of rotatable bonds is 5. The van der Waals surface area contributed by atoms with Gasteiger partial charge in [-0.1, -0.05) is 0 Å². The zero-order chi connectivity index (χ0) is 17.6. The van der Waals surface area contributed by atoms with Crippen LogP contribution in [0.4, 0.5) is 11.4 Å². The van der Waals surface area contributed by atoms with Gasteiger partial charge < -0.3 is 24.1 Å². The molecule has 0 unspecified atom stereocenters. The molecule has 0 spiro atoms. The normalized spacial score (nSPS) is 15.5. The van der Waals surface area contributed by atoms with E-state index in [-0.39, 0.29) is 5.76 Å². The van der Waals surface area contributed by atoms with E-state index in [2.05, 4.69) is 10.2 Å². The van der Waals surface area contributed by atoms with E-state index in [1.807, 2.05) is 24.3 Å². The molecule has 1 amide bonds. The highest BCUT2D eigenvalue weighted by Crippen LogP contribution is 2.19. The number of amides is 1. The lowest BCUT2D eigenvalue weighted by Crippen LogP contribution is -2.36. The molecule has 1 aromatic carbocycles. The maximum absolute atomic E-state index is 12.2. The molecule has 0 aliphatic carbocycles. The number of anilines is 2. The number of ether oxygens (including phenoxy) is 2. The molecule has 1 aliphatic heterocycles. The second-order valence-electron chi connectivity index (χ2n) is 5.66. The Balaban J connectivity index is 1.54. The van der Waals surface area contributed by atoms with Crippen molar-refractivity contribution in [2.45, 2.75) is 13.0 Å². The van der Waals surface area contributed by atoms with E-state index >= 15 is 0 Å². The second-order valence-corrected chi connectivity index (χ2v) is 5.66. The van der Waals surface area contributed by atoms with Crippen LogP contribution in [-0.2, 0) is 14.3 Å². The summed E-state index contributed by atoms with van der Waals surface area (Å²) < 4.78 is 15.4. The van der Waals surface area contributed by atoms with Gasteiger partial charge in [0.2, 0.25) is 5.76 Å². The predicted octanol–water partition coefficient (Wildman–Crippen LogP) is 2.30. The zero-order valence-electron chi connectivity index (χ0n) is 13.9. The van der Waals surface area contributed by atoms with Gasteiger partial charge in [0.1, 0.15) is 0 Å². The fourth-order valence-corrected chi connectivity index (χ4v) is 2.49. The van der Waals surface area contributed by atoms with Crippen LogP contribution in [0.5, 0.6) is 0 Å². The Hall–Kier alpha value is -2.80. The highest BCUT2D eigenvalue weighted by molar-refractivity contribution is 5.96. The molecule has 0 radical (unpaired) electrons. The summed E-state index contributed by atoms with van der Waals surface area (Å²) in [7, 11) is 0.